The Bertz CT molecular complexity index is 916. The van der Waals surface area contributed by atoms with Crippen LogP contribution in [0.4, 0.5) is 10.2 Å². The Morgan fingerprint density at radius 1 is 1.48 bits per heavy atom. The van der Waals surface area contributed by atoms with Crippen LogP contribution in [0.15, 0.2) is 11.3 Å². The predicted molar refractivity (Wildman–Crippen MR) is 104 cm³/mol. The van der Waals surface area contributed by atoms with Gasteiger partial charge in [-0.25, -0.2) is 18.9 Å². The van der Waals surface area contributed by atoms with E-state index in [2.05, 4.69) is 19.8 Å². The number of halogens is 1. The number of aromatic nitrogens is 2. The third-order valence-electron chi connectivity index (χ3n) is 3.95. The van der Waals surface area contributed by atoms with Crippen LogP contribution < -0.4 is 5.32 Å². The van der Waals surface area contributed by atoms with E-state index in [9.17, 15) is 18.5 Å². The number of hydrogen-bond acceptors (Lipinski definition) is 9. The maximum atomic E-state index is 14.9. The average Bonchev–Trinajstić information content (AvgIpc) is 3.18. The van der Waals surface area contributed by atoms with E-state index in [4.69, 9.17) is 24.7 Å². The Balaban J connectivity index is 2.44. The molecule has 1 aliphatic rings. The first kappa shape index (κ1) is 24.8. The Morgan fingerprint density at radius 3 is 2.71 bits per heavy atom. The number of phosphoric ester groups is 1. The van der Waals surface area contributed by atoms with E-state index in [0.29, 0.717) is 6.42 Å². The summed E-state index contributed by atoms with van der Waals surface area (Å²) in [6, 6.07) is 0. The average molecular weight is 463 g/mol. The molecule has 4 unspecified atom stereocenters. The molecule has 0 radical (unpaired) electrons. The largest absolute Gasteiger partial charge is 0.469 e. The number of nitrogens with zero attached hydrogens (tertiary/aromatic N) is 3. The molecule has 0 aromatic carbocycles. The van der Waals surface area contributed by atoms with Gasteiger partial charge in [0.05, 0.1) is 12.9 Å². The van der Waals surface area contributed by atoms with Crippen molar-refractivity contribution in [3.63, 3.8) is 0 Å². The first-order chi connectivity index (χ1) is 14.4. The van der Waals surface area contributed by atoms with Crippen LogP contribution in [-0.2, 0) is 28.2 Å². The van der Waals surface area contributed by atoms with E-state index in [1.165, 1.54) is 17.7 Å². The van der Waals surface area contributed by atoms with Crippen molar-refractivity contribution >= 4 is 37.6 Å². The molecule has 2 rings (SSSR count). The highest BCUT2D eigenvalue weighted by Gasteiger charge is 2.49. The quantitative estimate of drug-likeness (QED) is 0.187. The van der Waals surface area contributed by atoms with Crippen molar-refractivity contribution < 1.29 is 42.3 Å². The number of imidazole rings is 1. The fraction of sp³-hybridized carbons (Fsp3) is 0.562. The first-order valence-electron chi connectivity index (χ1n) is 9.07. The van der Waals surface area contributed by atoms with Crippen LogP contribution in [0.1, 0.15) is 39.1 Å². The van der Waals surface area contributed by atoms with Crippen molar-refractivity contribution in [2.75, 3.05) is 6.61 Å². The number of amidine groups is 1. The van der Waals surface area contributed by atoms with Gasteiger partial charge in [-0.05, 0) is 6.42 Å². The summed E-state index contributed by atoms with van der Waals surface area (Å²) < 4.78 is 42.0. The van der Waals surface area contributed by atoms with Crippen LogP contribution in [0.3, 0.4) is 0 Å². The molecule has 1 saturated heterocycles. The normalized spacial score (nSPS) is 23.8. The lowest BCUT2D eigenvalue weighted by Crippen LogP contribution is -2.33. The first-order valence-corrected chi connectivity index (χ1v) is 10.6. The standard InChI is InChI=1S/C16H23FN5O8P/c1-4-5-19-15-12(14(18)21-8(2)23)20-7-22(15)16-13(29-9(3)24)11(17)10(30-16)6-28-31(25,26)27/h5,7,10-11,13,16H,4,6H2,1-3H3,(H2,18,21,23)(H2,25,26,27)/b19-5-. The molecular formula is C16H23FN5O8P. The summed E-state index contributed by atoms with van der Waals surface area (Å²) in [6.45, 7) is 3.25. The Kier molecular flexibility index (Phi) is 8.14. The number of aliphatic imine (C=N–C) groups is 1. The predicted octanol–water partition coefficient (Wildman–Crippen LogP) is 0.733. The molecule has 1 amide bonds. The van der Waals surface area contributed by atoms with Gasteiger partial charge in [-0.3, -0.25) is 24.1 Å². The molecule has 15 heteroatoms. The lowest BCUT2D eigenvalue weighted by molar-refractivity contribution is -0.154. The van der Waals surface area contributed by atoms with E-state index in [1.807, 2.05) is 0 Å². The zero-order valence-corrected chi connectivity index (χ0v) is 17.8. The number of nitrogens with one attached hydrogen (secondary N) is 2. The molecule has 4 atom stereocenters. The zero-order chi connectivity index (χ0) is 23.3. The van der Waals surface area contributed by atoms with Gasteiger partial charge in [0.1, 0.15) is 11.8 Å². The summed E-state index contributed by atoms with van der Waals surface area (Å²) >= 11 is 0. The molecule has 2 heterocycles. The molecule has 4 N–H and O–H groups in total. The summed E-state index contributed by atoms with van der Waals surface area (Å²) in [6.07, 6.45) is -3.19. The summed E-state index contributed by atoms with van der Waals surface area (Å²) in [5.41, 5.74) is -0.0459. The monoisotopic (exact) mass is 463 g/mol. The third-order valence-corrected chi connectivity index (χ3v) is 4.43. The maximum absolute atomic E-state index is 14.9. The fourth-order valence-corrected chi connectivity index (χ4v) is 3.14. The van der Waals surface area contributed by atoms with E-state index < -0.39 is 50.9 Å². The van der Waals surface area contributed by atoms with Crippen LogP contribution in [0.2, 0.25) is 0 Å². The molecule has 13 nitrogen and oxygen atoms in total. The second-order valence-corrected chi connectivity index (χ2v) is 7.71. The van der Waals surface area contributed by atoms with Gasteiger partial charge in [0.2, 0.25) is 5.91 Å². The number of amides is 1. The topological polar surface area (TPSA) is 185 Å². The molecular weight excluding hydrogens is 440 g/mol. The molecule has 0 saturated carbocycles. The summed E-state index contributed by atoms with van der Waals surface area (Å²) in [5.74, 6) is -1.68. The fourth-order valence-electron chi connectivity index (χ4n) is 2.80. The third kappa shape index (κ3) is 6.48. The lowest BCUT2D eigenvalue weighted by Gasteiger charge is -2.21. The van der Waals surface area contributed by atoms with Gasteiger partial charge in [0, 0.05) is 20.1 Å². The van der Waals surface area contributed by atoms with Gasteiger partial charge >= 0.3 is 13.8 Å². The zero-order valence-electron chi connectivity index (χ0n) is 16.9. The molecule has 0 bridgehead atoms. The number of hydrogen-bond donors (Lipinski definition) is 4. The molecule has 172 valence electrons. The van der Waals surface area contributed by atoms with Crippen LogP contribution in [0.5, 0.6) is 0 Å². The van der Waals surface area contributed by atoms with Gasteiger partial charge in [-0.1, -0.05) is 6.92 Å². The van der Waals surface area contributed by atoms with E-state index in [0.717, 1.165) is 13.3 Å². The highest BCUT2D eigenvalue weighted by molar-refractivity contribution is 7.46. The van der Waals surface area contributed by atoms with Crippen molar-refractivity contribution in [1.29, 1.82) is 5.41 Å². The van der Waals surface area contributed by atoms with Gasteiger partial charge < -0.3 is 24.6 Å². The minimum absolute atomic E-state index is 0.0199. The van der Waals surface area contributed by atoms with Gasteiger partial charge in [0.15, 0.2) is 30.2 Å². The summed E-state index contributed by atoms with van der Waals surface area (Å²) in [7, 11) is -4.90. The maximum Gasteiger partial charge on any atom is 0.469 e. The Labute approximate surface area is 176 Å². The van der Waals surface area contributed by atoms with E-state index in [1.54, 1.807) is 6.92 Å². The number of carbonyl (C=O) groups excluding carboxylic acids is 2. The number of alkyl halides is 1. The highest BCUT2D eigenvalue weighted by atomic mass is 31.2. The van der Waals surface area contributed by atoms with E-state index >= 15 is 0 Å². The van der Waals surface area contributed by atoms with Gasteiger partial charge in [-0.15, -0.1) is 0 Å². The number of esters is 1. The Hall–Kier alpha value is -2.51. The van der Waals surface area contributed by atoms with Crippen molar-refractivity contribution in [2.45, 2.75) is 51.8 Å². The van der Waals surface area contributed by atoms with Crippen LogP contribution in [0, 0.1) is 5.41 Å². The Morgan fingerprint density at radius 2 is 2.16 bits per heavy atom. The SMILES string of the molecule is CC/C=N\c1c(C(=N)NC(C)=O)ncn1C1OC(COP(=O)(O)O)C(F)C1OC(C)=O. The number of rotatable bonds is 8. The molecule has 1 aromatic rings. The number of ether oxygens (including phenoxy) is 2. The van der Waals surface area contributed by atoms with Crippen LogP contribution >= 0.6 is 7.82 Å². The summed E-state index contributed by atoms with van der Waals surface area (Å²) in [4.78, 5) is 48.8. The molecule has 0 spiro atoms. The van der Waals surface area contributed by atoms with Crippen LogP contribution in [-0.4, -0.2) is 68.3 Å². The molecule has 0 aliphatic carbocycles. The molecule has 1 fully saturated rings. The minimum Gasteiger partial charge on any atom is -0.454 e. The second-order valence-electron chi connectivity index (χ2n) is 6.47. The van der Waals surface area contributed by atoms with E-state index in [-0.39, 0.29) is 17.3 Å². The molecule has 1 aliphatic heterocycles. The van der Waals surface area contributed by atoms with Crippen molar-refractivity contribution in [2.24, 2.45) is 4.99 Å². The summed E-state index contributed by atoms with van der Waals surface area (Å²) in [5, 5.41) is 10.3. The van der Waals surface area contributed by atoms with Crippen molar-refractivity contribution in [3.8, 4) is 0 Å². The molecule has 1 aromatic heterocycles. The smallest absolute Gasteiger partial charge is 0.454 e. The number of phosphoric acid groups is 1. The number of carbonyl (C=O) groups is 2. The van der Waals surface area contributed by atoms with Crippen molar-refractivity contribution in [1.82, 2.24) is 14.9 Å². The van der Waals surface area contributed by atoms with Crippen LogP contribution in [0.25, 0.3) is 0 Å². The lowest BCUT2D eigenvalue weighted by atomic mass is 10.1. The second kappa shape index (κ2) is 10.2. The minimum atomic E-state index is -4.90. The van der Waals surface area contributed by atoms with Gasteiger partial charge in [-0.2, -0.15) is 0 Å². The van der Waals surface area contributed by atoms with Crippen molar-refractivity contribution in [3.05, 3.63) is 12.0 Å². The molecule has 31 heavy (non-hydrogen) atoms. The van der Waals surface area contributed by atoms with Gasteiger partial charge in [0.25, 0.3) is 0 Å². The highest BCUT2D eigenvalue weighted by Crippen LogP contribution is 2.41.